The minimum Gasteiger partial charge on any atom is -0.298 e. The van der Waals surface area contributed by atoms with Crippen LogP contribution in [0.1, 0.15) is 19.8 Å². The van der Waals surface area contributed by atoms with Crippen molar-refractivity contribution in [1.29, 1.82) is 0 Å². The molecular weight excluding hydrogens is 240 g/mol. The van der Waals surface area contributed by atoms with Crippen molar-refractivity contribution < 1.29 is 9.63 Å². The molecule has 0 saturated heterocycles. The monoisotopic (exact) mass is 252 g/mol. The molecule has 1 aliphatic carbocycles. The summed E-state index contributed by atoms with van der Waals surface area (Å²) in [5.41, 5.74) is 1.37. The quantitative estimate of drug-likeness (QED) is 0.507. The number of rotatable bonds is 3. The minimum atomic E-state index is -0.627. The van der Waals surface area contributed by atoms with Gasteiger partial charge in [-0.2, -0.15) is 0 Å². The number of para-hydroxylation sites is 1. The standard InChI is InChI=1S/C12H13ClN2O2/c1-8(9-6-7-9)15-17-12(16)14-11-5-3-2-4-10(11)13/h2-5,9H,6-7H2,1H3,(H,14,16). The van der Waals surface area contributed by atoms with E-state index in [9.17, 15) is 4.79 Å². The van der Waals surface area contributed by atoms with Crippen LogP contribution in [0.25, 0.3) is 0 Å². The molecule has 0 aromatic heterocycles. The first-order chi connectivity index (χ1) is 8.16. The Hall–Kier alpha value is -1.55. The van der Waals surface area contributed by atoms with E-state index >= 15 is 0 Å². The van der Waals surface area contributed by atoms with E-state index in [4.69, 9.17) is 16.4 Å². The van der Waals surface area contributed by atoms with Crippen molar-refractivity contribution in [3.8, 4) is 0 Å². The summed E-state index contributed by atoms with van der Waals surface area (Å²) >= 11 is 5.89. The smallest absolute Gasteiger partial charge is 0.298 e. The van der Waals surface area contributed by atoms with Gasteiger partial charge in [0.05, 0.1) is 16.4 Å². The number of nitrogens with one attached hydrogen (secondary N) is 1. The number of halogens is 1. The maximum atomic E-state index is 11.4. The molecule has 1 aliphatic rings. The lowest BCUT2D eigenvalue weighted by Crippen LogP contribution is -2.12. The molecule has 1 saturated carbocycles. The van der Waals surface area contributed by atoms with Crippen LogP contribution in [0.4, 0.5) is 10.5 Å². The van der Waals surface area contributed by atoms with Gasteiger partial charge in [-0.05, 0) is 31.9 Å². The SMILES string of the molecule is CC(=NOC(=O)Nc1ccccc1Cl)C1CC1. The predicted molar refractivity (Wildman–Crippen MR) is 67.4 cm³/mol. The third-order valence-corrected chi connectivity index (χ3v) is 2.88. The second-order valence-electron chi connectivity index (χ2n) is 3.99. The Labute approximate surface area is 105 Å². The Bertz CT molecular complexity index is 456. The number of hydrogen-bond acceptors (Lipinski definition) is 3. The van der Waals surface area contributed by atoms with Gasteiger partial charge >= 0.3 is 6.09 Å². The minimum absolute atomic E-state index is 0.465. The molecule has 4 nitrogen and oxygen atoms in total. The summed E-state index contributed by atoms with van der Waals surface area (Å²) in [6.45, 7) is 1.86. The van der Waals surface area contributed by atoms with E-state index in [2.05, 4.69) is 10.5 Å². The first-order valence-corrected chi connectivity index (χ1v) is 5.81. The molecule has 1 aromatic rings. The Morgan fingerprint density at radius 2 is 2.18 bits per heavy atom. The van der Waals surface area contributed by atoms with Crippen LogP contribution in [0.3, 0.4) is 0 Å². The van der Waals surface area contributed by atoms with E-state index in [1.54, 1.807) is 24.3 Å². The molecule has 0 aliphatic heterocycles. The average molecular weight is 253 g/mol. The van der Waals surface area contributed by atoms with Gasteiger partial charge in [0.15, 0.2) is 0 Å². The largest absolute Gasteiger partial charge is 0.437 e. The molecule has 0 unspecified atom stereocenters. The fraction of sp³-hybridized carbons (Fsp3) is 0.333. The topological polar surface area (TPSA) is 50.7 Å². The highest BCUT2D eigenvalue weighted by atomic mass is 35.5. The molecule has 1 amide bonds. The molecule has 90 valence electrons. The lowest BCUT2D eigenvalue weighted by Gasteiger charge is -2.04. The fourth-order valence-electron chi connectivity index (χ4n) is 1.38. The van der Waals surface area contributed by atoms with Crippen LogP contribution in [0.5, 0.6) is 0 Å². The summed E-state index contributed by atoms with van der Waals surface area (Å²) in [6, 6.07) is 6.95. The van der Waals surface area contributed by atoms with E-state index in [1.165, 1.54) is 0 Å². The highest BCUT2D eigenvalue weighted by Gasteiger charge is 2.25. The van der Waals surface area contributed by atoms with Crippen LogP contribution >= 0.6 is 11.6 Å². The van der Waals surface area contributed by atoms with E-state index in [-0.39, 0.29) is 0 Å². The van der Waals surface area contributed by atoms with Crippen LogP contribution < -0.4 is 5.32 Å². The van der Waals surface area contributed by atoms with Crippen molar-refractivity contribution in [2.24, 2.45) is 11.1 Å². The van der Waals surface area contributed by atoms with Crippen LogP contribution in [-0.4, -0.2) is 11.8 Å². The molecule has 2 rings (SSSR count). The van der Waals surface area contributed by atoms with Crippen LogP contribution in [0.15, 0.2) is 29.4 Å². The number of carbonyl (C=O) groups is 1. The average Bonchev–Trinajstić information content (AvgIpc) is 3.13. The molecule has 0 bridgehead atoms. The number of nitrogens with zero attached hydrogens (tertiary/aromatic N) is 1. The van der Waals surface area contributed by atoms with Gasteiger partial charge in [-0.25, -0.2) is 4.79 Å². The van der Waals surface area contributed by atoms with Crippen LogP contribution in [-0.2, 0) is 4.84 Å². The zero-order valence-corrected chi connectivity index (χ0v) is 10.2. The second kappa shape index (κ2) is 5.19. The summed E-state index contributed by atoms with van der Waals surface area (Å²) < 4.78 is 0. The third kappa shape index (κ3) is 3.46. The summed E-state index contributed by atoms with van der Waals surface area (Å²) in [7, 11) is 0. The summed E-state index contributed by atoms with van der Waals surface area (Å²) in [4.78, 5) is 16.2. The van der Waals surface area contributed by atoms with Crippen molar-refractivity contribution >= 4 is 29.1 Å². The summed E-state index contributed by atoms with van der Waals surface area (Å²) in [5, 5.41) is 6.76. The number of benzene rings is 1. The van der Waals surface area contributed by atoms with Gasteiger partial charge in [0, 0.05) is 5.92 Å². The number of amides is 1. The lowest BCUT2D eigenvalue weighted by molar-refractivity contribution is 0.166. The number of hydrogen-bond donors (Lipinski definition) is 1. The zero-order valence-electron chi connectivity index (χ0n) is 9.44. The van der Waals surface area contributed by atoms with Gasteiger partial charge in [-0.15, -0.1) is 0 Å². The highest BCUT2D eigenvalue weighted by Crippen LogP contribution is 2.30. The number of oxime groups is 1. The Balaban J connectivity index is 1.89. The third-order valence-electron chi connectivity index (χ3n) is 2.55. The molecule has 0 heterocycles. The van der Waals surface area contributed by atoms with Crippen molar-refractivity contribution in [1.82, 2.24) is 0 Å². The summed E-state index contributed by atoms with van der Waals surface area (Å²) in [6.07, 6.45) is 1.63. The Kier molecular flexibility index (Phi) is 3.64. The van der Waals surface area contributed by atoms with Crippen LogP contribution in [0, 0.1) is 5.92 Å². The van der Waals surface area contributed by atoms with Gasteiger partial charge in [-0.3, -0.25) is 10.2 Å². The highest BCUT2D eigenvalue weighted by molar-refractivity contribution is 6.33. The van der Waals surface area contributed by atoms with Gasteiger partial charge in [0.25, 0.3) is 0 Å². The molecule has 1 fully saturated rings. The van der Waals surface area contributed by atoms with Gasteiger partial charge < -0.3 is 0 Å². The number of carbonyl (C=O) groups excluding carboxylic acids is 1. The van der Waals surface area contributed by atoms with E-state index in [0.29, 0.717) is 16.6 Å². The van der Waals surface area contributed by atoms with E-state index in [1.807, 2.05) is 6.92 Å². The fourth-order valence-corrected chi connectivity index (χ4v) is 1.57. The lowest BCUT2D eigenvalue weighted by atomic mass is 10.3. The molecule has 5 heteroatoms. The molecular formula is C12H13ClN2O2. The van der Waals surface area contributed by atoms with Crippen LogP contribution in [0.2, 0.25) is 5.02 Å². The van der Waals surface area contributed by atoms with Gasteiger partial charge in [-0.1, -0.05) is 28.9 Å². The molecule has 17 heavy (non-hydrogen) atoms. The maximum Gasteiger partial charge on any atom is 0.437 e. The normalized spacial score (nSPS) is 15.5. The Morgan fingerprint density at radius 3 is 2.82 bits per heavy atom. The summed E-state index contributed by atoms with van der Waals surface area (Å²) in [5.74, 6) is 0.489. The number of anilines is 1. The van der Waals surface area contributed by atoms with Gasteiger partial charge in [0.2, 0.25) is 0 Å². The van der Waals surface area contributed by atoms with Crippen molar-refractivity contribution in [2.75, 3.05) is 5.32 Å². The predicted octanol–water partition coefficient (Wildman–Crippen LogP) is 3.67. The molecule has 0 radical (unpaired) electrons. The van der Waals surface area contributed by atoms with E-state index in [0.717, 1.165) is 18.6 Å². The van der Waals surface area contributed by atoms with E-state index < -0.39 is 6.09 Å². The first kappa shape index (κ1) is 11.9. The van der Waals surface area contributed by atoms with Crippen molar-refractivity contribution in [2.45, 2.75) is 19.8 Å². The Morgan fingerprint density at radius 1 is 1.47 bits per heavy atom. The molecule has 1 aromatic carbocycles. The zero-order chi connectivity index (χ0) is 12.3. The molecule has 0 spiro atoms. The molecule has 1 N–H and O–H groups in total. The molecule has 0 atom stereocenters. The maximum absolute atomic E-state index is 11.4. The van der Waals surface area contributed by atoms with Gasteiger partial charge in [0.1, 0.15) is 0 Å². The van der Waals surface area contributed by atoms with Crippen molar-refractivity contribution in [3.05, 3.63) is 29.3 Å². The van der Waals surface area contributed by atoms with Crippen molar-refractivity contribution in [3.63, 3.8) is 0 Å². The second-order valence-corrected chi connectivity index (χ2v) is 4.40. The first-order valence-electron chi connectivity index (χ1n) is 5.44.